The summed E-state index contributed by atoms with van der Waals surface area (Å²) in [6.07, 6.45) is 0. The van der Waals surface area contributed by atoms with Crippen LogP contribution in [-0.2, 0) is 0 Å². The van der Waals surface area contributed by atoms with Crippen molar-refractivity contribution < 1.29 is 4.42 Å². The highest BCUT2D eigenvalue weighted by Gasteiger charge is 2.17. The van der Waals surface area contributed by atoms with Gasteiger partial charge < -0.3 is 9.32 Å². The van der Waals surface area contributed by atoms with Gasteiger partial charge in [0.05, 0.1) is 0 Å². The Morgan fingerprint density at radius 1 is 0.258 bits per heavy atom. The van der Waals surface area contributed by atoms with Crippen LogP contribution < -0.4 is 4.90 Å². The van der Waals surface area contributed by atoms with E-state index < -0.39 is 0 Å². The molecule has 0 amide bonds. The van der Waals surface area contributed by atoms with E-state index in [1.165, 1.54) is 60.1 Å². The molecule has 0 saturated heterocycles. The van der Waals surface area contributed by atoms with E-state index in [9.17, 15) is 0 Å². The van der Waals surface area contributed by atoms with E-state index >= 15 is 0 Å². The lowest BCUT2D eigenvalue weighted by molar-refractivity contribution is 0.669. The molecule has 0 radical (unpaired) electrons. The lowest BCUT2D eigenvalue weighted by Crippen LogP contribution is -2.10. The molecule has 0 aliphatic rings. The highest BCUT2D eigenvalue weighted by atomic mass is 16.3. The minimum atomic E-state index is 0.899. The highest BCUT2D eigenvalue weighted by Crippen LogP contribution is 2.42. The Bertz CT molecular complexity index is 3630. The maximum Gasteiger partial charge on any atom is 0.136 e. The summed E-state index contributed by atoms with van der Waals surface area (Å²) in [5.41, 5.74) is 14.5. The van der Waals surface area contributed by atoms with Crippen molar-refractivity contribution in [2.75, 3.05) is 4.90 Å². The third-order valence-electron chi connectivity index (χ3n) is 12.4. The van der Waals surface area contributed by atoms with Gasteiger partial charge in [-0.2, -0.15) is 0 Å². The van der Waals surface area contributed by atoms with Gasteiger partial charge in [-0.15, -0.1) is 0 Å². The van der Waals surface area contributed by atoms with Crippen LogP contribution in [0.25, 0.3) is 98.8 Å². The van der Waals surface area contributed by atoms with Gasteiger partial charge in [0.15, 0.2) is 0 Å². The molecule has 12 rings (SSSR count). The molecule has 11 aromatic carbocycles. The van der Waals surface area contributed by atoms with Crippen molar-refractivity contribution in [2.24, 2.45) is 0 Å². The van der Waals surface area contributed by atoms with Crippen LogP contribution in [0.3, 0.4) is 0 Å². The van der Waals surface area contributed by atoms with Crippen molar-refractivity contribution in [2.45, 2.75) is 0 Å². The summed E-state index contributed by atoms with van der Waals surface area (Å²) in [5, 5.41) is 9.84. The molecule has 0 atom stereocenters. The fraction of sp³-hybridized carbons (Fsp3) is 0. The van der Waals surface area contributed by atoms with Gasteiger partial charge in [0, 0.05) is 27.8 Å². The van der Waals surface area contributed by atoms with Crippen molar-refractivity contribution >= 4 is 71.3 Å². The van der Waals surface area contributed by atoms with Crippen LogP contribution in [0.2, 0.25) is 0 Å². The summed E-state index contributed by atoms with van der Waals surface area (Å²) in [6, 6.07) is 85.5. The van der Waals surface area contributed by atoms with Gasteiger partial charge >= 0.3 is 0 Å². The molecule has 0 bridgehead atoms. The Kier molecular flexibility index (Phi) is 8.53. The van der Waals surface area contributed by atoms with Gasteiger partial charge in [-0.3, -0.25) is 0 Å². The minimum Gasteiger partial charge on any atom is -0.456 e. The van der Waals surface area contributed by atoms with Crippen LogP contribution in [0.1, 0.15) is 0 Å². The molecular formula is C60H39NO. The van der Waals surface area contributed by atoms with E-state index in [0.29, 0.717) is 0 Å². The molecule has 1 aromatic heterocycles. The van der Waals surface area contributed by atoms with E-state index in [2.05, 4.69) is 229 Å². The smallest absolute Gasteiger partial charge is 0.136 e. The Morgan fingerprint density at radius 2 is 0.790 bits per heavy atom. The van der Waals surface area contributed by atoms with Crippen LogP contribution in [0, 0.1) is 0 Å². The Balaban J connectivity index is 0.949. The Morgan fingerprint density at radius 3 is 1.61 bits per heavy atom. The topological polar surface area (TPSA) is 16.4 Å². The van der Waals surface area contributed by atoms with Gasteiger partial charge in [-0.1, -0.05) is 176 Å². The number of hydrogen-bond acceptors (Lipinski definition) is 2. The molecule has 2 nitrogen and oxygen atoms in total. The fourth-order valence-corrected chi connectivity index (χ4v) is 9.42. The zero-order valence-electron chi connectivity index (χ0n) is 33.9. The molecule has 0 unspecified atom stereocenters. The van der Waals surface area contributed by atoms with E-state index in [1.54, 1.807) is 0 Å². The number of benzene rings is 11. The van der Waals surface area contributed by atoms with Crippen molar-refractivity contribution in [3.05, 3.63) is 237 Å². The quantitative estimate of drug-likeness (QED) is 0.150. The third kappa shape index (κ3) is 6.20. The second kappa shape index (κ2) is 14.8. The van der Waals surface area contributed by atoms with E-state index in [0.717, 1.165) is 55.7 Å². The molecule has 62 heavy (non-hydrogen) atoms. The SMILES string of the molecule is c1cc(-c2cccc(N(c3ccc(-c4ccc5c(ccc6ccccc65)c4)cc3)c3ccc(-c4cccc5oc6ccccc6c45)cc3)c2)cc(-c2cccc3ccccc23)c1. The number of fused-ring (bicyclic) bond motifs is 7. The molecule has 12 aromatic rings. The second-order valence-electron chi connectivity index (χ2n) is 16.1. The largest absolute Gasteiger partial charge is 0.456 e. The first-order valence-corrected chi connectivity index (χ1v) is 21.2. The number of para-hydroxylation sites is 1. The standard InChI is InChI=1S/C60H39NO/c1-3-18-52-41(11-1)13-9-21-54(52)47-16-7-14-44(37-47)45-15-8-17-51(39-45)61(50-34-29-43(30-35-50)56-22-10-24-59-60(56)57-20-5-6-23-58(57)62-59)49-32-27-40(28-33-49)46-31-36-55-48(38-46)26-25-42-12-2-4-19-53(42)55/h1-39H. The molecular weight excluding hydrogens is 751 g/mol. The molecule has 0 aliphatic heterocycles. The summed E-state index contributed by atoms with van der Waals surface area (Å²) < 4.78 is 6.26. The Hall–Kier alpha value is -8.20. The van der Waals surface area contributed by atoms with Crippen LogP contribution in [0.5, 0.6) is 0 Å². The minimum absolute atomic E-state index is 0.899. The van der Waals surface area contributed by atoms with Crippen LogP contribution >= 0.6 is 0 Å². The molecule has 0 N–H and O–H groups in total. The predicted octanol–water partition coefficient (Wildman–Crippen LogP) is 17.2. The van der Waals surface area contributed by atoms with Crippen LogP contribution in [0.4, 0.5) is 17.1 Å². The number of rotatable bonds is 7. The van der Waals surface area contributed by atoms with Crippen molar-refractivity contribution in [3.8, 4) is 44.5 Å². The lowest BCUT2D eigenvalue weighted by atomic mass is 9.95. The van der Waals surface area contributed by atoms with Crippen LogP contribution in [-0.4, -0.2) is 0 Å². The molecule has 0 saturated carbocycles. The van der Waals surface area contributed by atoms with E-state index in [4.69, 9.17) is 4.42 Å². The first-order chi connectivity index (χ1) is 30.7. The summed E-state index contributed by atoms with van der Waals surface area (Å²) in [4.78, 5) is 2.37. The van der Waals surface area contributed by atoms with Gasteiger partial charge in [0.1, 0.15) is 11.2 Å². The number of hydrogen-bond donors (Lipinski definition) is 0. The molecule has 0 fully saturated rings. The van der Waals surface area contributed by atoms with Gasteiger partial charge in [0.2, 0.25) is 0 Å². The molecule has 290 valence electrons. The maximum atomic E-state index is 6.26. The monoisotopic (exact) mass is 789 g/mol. The zero-order chi connectivity index (χ0) is 41.0. The zero-order valence-corrected chi connectivity index (χ0v) is 33.9. The van der Waals surface area contributed by atoms with Crippen molar-refractivity contribution in [3.63, 3.8) is 0 Å². The normalized spacial score (nSPS) is 11.5. The first kappa shape index (κ1) is 35.7. The van der Waals surface area contributed by atoms with Crippen molar-refractivity contribution in [1.29, 1.82) is 0 Å². The Labute approximate surface area is 360 Å². The average Bonchev–Trinajstić information content (AvgIpc) is 3.73. The first-order valence-electron chi connectivity index (χ1n) is 21.2. The number of furan rings is 1. The average molecular weight is 790 g/mol. The maximum absolute atomic E-state index is 6.26. The summed E-state index contributed by atoms with van der Waals surface area (Å²) in [5.74, 6) is 0. The van der Waals surface area contributed by atoms with Gasteiger partial charge in [-0.25, -0.2) is 0 Å². The molecule has 0 aliphatic carbocycles. The fourth-order valence-electron chi connectivity index (χ4n) is 9.42. The number of anilines is 3. The molecule has 1 heterocycles. The summed E-state index contributed by atoms with van der Waals surface area (Å²) >= 11 is 0. The highest BCUT2D eigenvalue weighted by molar-refractivity contribution is 6.12. The molecule has 0 spiro atoms. The molecule has 2 heteroatoms. The van der Waals surface area contributed by atoms with Gasteiger partial charge in [0.25, 0.3) is 0 Å². The second-order valence-corrected chi connectivity index (χ2v) is 16.1. The number of nitrogens with zero attached hydrogens (tertiary/aromatic N) is 1. The lowest BCUT2D eigenvalue weighted by Gasteiger charge is -2.26. The summed E-state index contributed by atoms with van der Waals surface area (Å²) in [6.45, 7) is 0. The van der Waals surface area contributed by atoms with E-state index in [-0.39, 0.29) is 0 Å². The van der Waals surface area contributed by atoms with Crippen LogP contribution in [0.15, 0.2) is 241 Å². The predicted molar refractivity (Wildman–Crippen MR) is 263 cm³/mol. The third-order valence-corrected chi connectivity index (χ3v) is 12.4. The van der Waals surface area contributed by atoms with Gasteiger partial charge in [-0.05, 0) is 137 Å². The summed E-state index contributed by atoms with van der Waals surface area (Å²) in [7, 11) is 0. The van der Waals surface area contributed by atoms with E-state index in [1.807, 2.05) is 12.1 Å². The van der Waals surface area contributed by atoms with Crippen molar-refractivity contribution in [1.82, 2.24) is 0 Å².